The first-order valence-electron chi connectivity index (χ1n) is 8.45. The second-order valence-electron chi connectivity index (χ2n) is 6.49. The van der Waals surface area contributed by atoms with Gasteiger partial charge in [-0.1, -0.05) is 35.5 Å². The van der Waals surface area contributed by atoms with Crippen molar-refractivity contribution in [2.24, 2.45) is 11.6 Å². The first kappa shape index (κ1) is 18.0. The number of rotatable bonds is 6. The van der Waals surface area contributed by atoms with Gasteiger partial charge in [0, 0.05) is 29.9 Å². The average molecular weight is 357 g/mol. The third-order valence-corrected chi connectivity index (χ3v) is 4.45. The quantitative estimate of drug-likeness (QED) is 0.447. The number of hydrogen-bond acceptors (Lipinski definition) is 7. The predicted octanol–water partition coefficient (Wildman–Crippen LogP) is 0.959. The van der Waals surface area contributed by atoms with Crippen LogP contribution in [0.5, 0.6) is 0 Å². The molecule has 1 aromatic heterocycles. The van der Waals surface area contributed by atoms with Crippen molar-refractivity contribution < 1.29 is 14.4 Å². The minimum absolute atomic E-state index is 0.0107. The minimum atomic E-state index is -0.748. The van der Waals surface area contributed by atoms with E-state index in [2.05, 4.69) is 10.5 Å². The fourth-order valence-corrected chi connectivity index (χ4v) is 2.71. The smallest absolute Gasteiger partial charge is 0.273 e. The molecule has 8 nitrogen and oxygen atoms in total. The van der Waals surface area contributed by atoms with Crippen LogP contribution in [0, 0.1) is 0 Å². The molecule has 26 heavy (non-hydrogen) atoms. The molecule has 0 saturated heterocycles. The number of aromatic nitrogens is 1. The number of nitrogens with zero attached hydrogens (tertiary/aromatic N) is 2. The number of hydrogen-bond donors (Lipinski definition) is 4. The van der Waals surface area contributed by atoms with Crippen LogP contribution in [-0.4, -0.2) is 39.4 Å². The van der Waals surface area contributed by atoms with E-state index in [-0.39, 0.29) is 23.7 Å². The van der Waals surface area contributed by atoms with Gasteiger partial charge in [0.15, 0.2) is 11.5 Å². The Morgan fingerprint density at radius 2 is 2.12 bits per heavy atom. The third-order valence-electron chi connectivity index (χ3n) is 4.45. The van der Waals surface area contributed by atoms with Gasteiger partial charge in [0.25, 0.3) is 5.91 Å². The second-order valence-corrected chi connectivity index (χ2v) is 6.49. The highest BCUT2D eigenvalue weighted by Gasteiger charge is 2.33. The maximum absolute atomic E-state index is 12.3. The number of carbonyl (C=O) groups excluding carboxylic acids is 1. The highest BCUT2D eigenvalue weighted by molar-refractivity contribution is 5.93. The summed E-state index contributed by atoms with van der Waals surface area (Å²) in [5, 5.41) is 17.6. The van der Waals surface area contributed by atoms with Gasteiger partial charge in [-0.2, -0.15) is 0 Å². The van der Waals surface area contributed by atoms with Crippen molar-refractivity contribution in [2.75, 3.05) is 0 Å². The van der Waals surface area contributed by atoms with Crippen molar-refractivity contribution in [1.29, 1.82) is 0 Å². The SMILES string of the molecule is C[C@@H](O)/C(N)=C/N(N)C1CC(NC(=O)c2cc(-c3ccccc3)on2)C1. The highest BCUT2D eigenvalue weighted by atomic mass is 16.5. The van der Waals surface area contributed by atoms with E-state index in [4.69, 9.17) is 16.1 Å². The number of nitrogens with one attached hydrogen (secondary N) is 1. The lowest BCUT2D eigenvalue weighted by Gasteiger charge is -2.40. The molecule has 0 radical (unpaired) electrons. The molecule has 1 aliphatic carbocycles. The van der Waals surface area contributed by atoms with Crippen LogP contribution < -0.4 is 16.9 Å². The lowest BCUT2D eigenvalue weighted by Crippen LogP contribution is -2.54. The average Bonchev–Trinajstić information content (AvgIpc) is 3.08. The molecule has 2 aromatic rings. The molecule has 0 spiro atoms. The van der Waals surface area contributed by atoms with Gasteiger partial charge in [-0.05, 0) is 19.8 Å². The Hall–Kier alpha value is -2.84. The van der Waals surface area contributed by atoms with Crippen molar-refractivity contribution >= 4 is 5.91 Å². The van der Waals surface area contributed by atoms with Gasteiger partial charge >= 0.3 is 0 Å². The van der Waals surface area contributed by atoms with E-state index in [1.165, 1.54) is 11.2 Å². The van der Waals surface area contributed by atoms with E-state index in [9.17, 15) is 9.90 Å². The summed E-state index contributed by atoms with van der Waals surface area (Å²) in [5.41, 5.74) is 7.09. The summed E-state index contributed by atoms with van der Waals surface area (Å²) in [6.45, 7) is 1.57. The topological polar surface area (TPSA) is 131 Å². The Kier molecular flexibility index (Phi) is 5.24. The Labute approximate surface area is 151 Å². The lowest BCUT2D eigenvalue weighted by atomic mass is 9.86. The maximum Gasteiger partial charge on any atom is 0.273 e. The van der Waals surface area contributed by atoms with E-state index in [1.807, 2.05) is 30.3 Å². The summed E-state index contributed by atoms with van der Waals surface area (Å²) < 4.78 is 5.25. The molecule has 3 rings (SSSR count). The van der Waals surface area contributed by atoms with E-state index >= 15 is 0 Å². The van der Waals surface area contributed by atoms with Crippen LogP contribution in [0.25, 0.3) is 11.3 Å². The zero-order valence-corrected chi connectivity index (χ0v) is 14.5. The molecule has 0 bridgehead atoms. The van der Waals surface area contributed by atoms with Crippen LogP contribution in [0.15, 0.2) is 52.8 Å². The molecular formula is C18H23N5O3. The van der Waals surface area contributed by atoms with E-state index in [1.54, 1.807) is 13.0 Å². The standard InChI is InChI=1S/C18H23N5O3/c1-11(24)15(19)10-23(20)14-7-13(8-14)21-18(25)16-9-17(26-22-16)12-5-3-2-4-6-12/h2-6,9-11,13-14,24H,7-8,19-20H2,1H3,(H,21,25)/b15-10-/t11-,13?,14?/m1/s1. The number of aliphatic hydroxyl groups excluding tert-OH is 1. The fourth-order valence-electron chi connectivity index (χ4n) is 2.71. The van der Waals surface area contributed by atoms with Crippen LogP contribution >= 0.6 is 0 Å². The van der Waals surface area contributed by atoms with E-state index in [0.717, 1.165) is 5.56 Å². The van der Waals surface area contributed by atoms with E-state index < -0.39 is 6.10 Å². The van der Waals surface area contributed by atoms with Crippen molar-refractivity contribution in [3.05, 3.63) is 54.0 Å². The number of nitrogens with two attached hydrogens (primary N) is 2. The number of benzene rings is 1. The van der Waals surface area contributed by atoms with Gasteiger partial charge in [-0.25, -0.2) is 5.84 Å². The zero-order valence-electron chi connectivity index (χ0n) is 14.5. The largest absolute Gasteiger partial charge is 0.399 e. The number of hydrazine groups is 1. The number of aliphatic hydroxyl groups is 1. The Balaban J connectivity index is 1.52. The molecular weight excluding hydrogens is 334 g/mol. The summed E-state index contributed by atoms with van der Waals surface area (Å²) in [5.74, 6) is 6.19. The van der Waals surface area contributed by atoms with Crippen LogP contribution in [-0.2, 0) is 0 Å². The summed E-state index contributed by atoms with van der Waals surface area (Å²) in [7, 11) is 0. The predicted molar refractivity (Wildman–Crippen MR) is 96.2 cm³/mol. The summed E-state index contributed by atoms with van der Waals surface area (Å²) >= 11 is 0. The molecule has 1 atom stereocenters. The Morgan fingerprint density at radius 3 is 2.77 bits per heavy atom. The minimum Gasteiger partial charge on any atom is -0.399 e. The molecule has 1 saturated carbocycles. The van der Waals surface area contributed by atoms with Crippen molar-refractivity contribution in [1.82, 2.24) is 15.5 Å². The van der Waals surface area contributed by atoms with Crippen molar-refractivity contribution in [3.63, 3.8) is 0 Å². The van der Waals surface area contributed by atoms with Gasteiger partial charge in [-0.15, -0.1) is 0 Å². The van der Waals surface area contributed by atoms with Gasteiger partial charge < -0.3 is 25.7 Å². The second kappa shape index (κ2) is 7.59. The van der Waals surface area contributed by atoms with Crippen LogP contribution in [0.4, 0.5) is 0 Å². The fraction of sp³-hybridized carbons (Fsp3) is 0.333. The normalized spacial score (nSPS) is 21.0. The molecule has 1 fully saturated rings. The summed E-state index contributed by atoms with van der Waals surface area (Å²) in [6.07, 6.45) is 2.16. The van der Waals surface area contributed by atoms with Crippen LogP contribution in [0.1, 0.15) is 30.3 Å². The van der Waals surface area contributed by atoms with Crippen LogP contribution in [0.3, 0.4) is 0 Å². The third kappa shape index (κ3) is 4.04. The zero-order chi connectivity index (χ0) is 18.7. The van der Waals surface area contributed by atoms with Crippen LogP contribution in [0.2, 0.25) is 0 Å². The van der Waals surface area contributed by atoms with Gasteiger partial charge in [-0.3, -0.25) is 4.79 Å². The first-order chi connectivity index (χ1) is 12.4. The Morgan fingerprint density at radius 1 is 1.42 bits per heavy atom. The lowest BCUT2D eigenvalue weighted by molar-refractivity contribution is 0.0838. The van der Waals surface area contributed by atoms with Crippen molar-refractivity contribution in [2.45, 2.75) is 38.0 Å². The van der Waals surface area contributed by atoms with Gasteiger partial charge in [0.05, 0.1) is 11.8 Å². The molecule has 138 valence electrons. The molecule has 8 heteroatoms. The van der Waals surface area contributed by atoms with Gasteiger partial charge in [0.1, 0.15) is 0 Å². The molecule has 1 aliphatic rings. The number of carbonyl (C=O) groups is 1. The summed E-state index contributed by atoms with van der Waals surface area (Å²) in [6, 6.07) is 11.2. The van der Waals surface area contributed by atoms with Crippen molar-refractivity contribution in [3.8, 4) is 11.3 Å². The highest BCUT2D eigenvalue weighted by Crippen LogP contribution is 2.25. The van der Waals surface area contributed by atoms with Gasteiger partial charge in [0.2, 0.25) is 0 Å². The summed E-state index contributed by atoms with van der Waals surface area (Å²) in [4.78, 5) is 12.3. The molecule has 1 aromatic carbocycles. The number of amides is 1. The Bertz CT molecular complexity index is 781. The van der Waals surface area contributed by atoms with E-state index in [0.29, 0.717) is 24.3 Å². The molecule has 1 amide bonds. The first-order valence-corrected chi connectivity index (χ1v) is 8.45. The monoisotopic (exact) mass is 357 g/mol. The molecule has 0 unspecified atom stereocenters. The molecule has 1 heterocycles. The molecule has 0 aliphatic heterocycles. The maximum atomic E-state index is 12.3. The molecule has 6 N–H and O–H groups in total.